The van der Waals surface area contributed by atoms with Crippen molar-refractivity contribution in [2.45, 2.75) is 75.2 Å². The molecular weight excluding hydrogens is 669 g/mol. The number of alkyl halides is 3. The Morgan fingerprint density at radius 2 is 1.78 bits per heavy atom. The molecular formula is C34H40ClF3N4O7. The van der Waals surface area contributed by atoms with Crippen molar-refractivity contribution in [1.29, 1.82) is 0 Å². The van der Waals surface area contributed by atoms with Crippen LogP contribution in [0.3, 0.4) is 0 Å². The number of halogens is 4. The van der Waals surface area contributed by atoms with E-state index < -0.39 is 71.7 Å². The number of carbonyl (C=O) groups excluding carboxylic acids is 5. The van der Waals surface area contributed by atoms with Gasteiger partial charge in [-0.1, -0.05) is 48.0 Å². The largest absolute Gasteiger partial charge is 0.491 e. The Kier molecular flexibility index (Phi) is 12.4. The van der Waals surface area contributed by atoms with Crippen molar-refractivity contribution in [2.75, 3.05) is 26.8 Å². The number of likely N-dealkylation sites (tertiary alicyclic amines) is 1. The summed E-state index contributed by atoms with van der Waals surface area (Å²) >= 11 is 6.11. The Morgan fingerprint density at radius 1 is 1.08 bits per heavy atom. The van der Waals surface area contributed by atoms with Crippen molar-refractivity contribution in [2.24, 2.45) is 11.7 Å². The molecule has 4 N–H and O–H groups in total. The number of nitrogens with one attached hydrogen (secondary N) is 2. The number of amides is 3. The van der Waals surface area contributed by atoms with Crippen LogP contribution in [0, 0.1) is 5.92 Å². The minimum Gasteiger partial charge on any atom is -0.386 e. The number of nitrogens with zero attached hydrogens (tertiary/aromatic N) is 1. The normalized spacial score (nSPS) is 20.8. The van der Waals surface area contributed by atoms with Crippen LogP contribution in [0.2, 0.25) is 5.02 Å². The lowest BCUT2D eigenvalue weighted by Gasteiger charge is -2.45. The van der Waals surface area contributed by atoms with E-state index in [2.05, 4.69) is 15.4 Å². The molecule has 0 radical (unpaired) electrons. The number of rotatable bonds is 12. The van der Waals surface area contributed by atoms with Gasteiger partial charge in [-0.3, -0.25) is 19.2 Å². The van der Waals surface area contributed by atoms with Crippen molar-refractivity contribution in [1.82, 2.24) is 15.5 Å². The molecule has 1 fully saturated rings. The highest BCUT2D eigenvalue weighted by Gasteiger charge is 2.46. The Labute approximate surface area is 287 Å². The van der Waals surface area contributed by atoms with Gasteiger partial charge in [-0.2, -0.15) is 13.2 Å². The zero-order chi connectivity index (χ0) is 35.9. The van der Waals surface area contributed by atoms with E-state index in [4.69, 9.17) is 22.1 Å². The van der Waals surface area contributed by atoms with Gasteiger partial charge in [0.05, 0.1) is 30.5 Å². The number of nitrogens with two attached hydrogens (primary N) is 1. The van der Waals surface area contributed by atoms with Crippen molar-refractivity contribution in [3.8, 4) is 0 Å². The maximum Gasteiger partial charge on any atom is 0.491 e. The van der Waals surface area contributed by atoms with Crippen LogP contribution >= 0.6 is 11.6 Å². The van der Waals surface area contributed by atoms with Gasteiger partial charge in [0.2, 0.25) is 17.7 Å². The Morgan fingerprint density at radius 3 is 2.43 bits per heavy atom. The lowest BCUT2D eigenvalue weighted by molar-refractivity contribution is -0.202. The molecule has 0 aromatic heterocycles. The second-order valence-electron chi connectivity index (χ2n) is 12.7. The Bertz CT molecular complexity index is 1540. The van der Waals surface area contributed by atoms with Crippen molar-refractivity contribution in [3.05, 3.63) is 70.2 Å². The average Bonchev–Trinajstić information content (AvgIpc) is 3.47. The summed E-state index contributed by atoms with van der Waals surface area (Å²) in [7, 11) is 1.37. The molecule has 3 amide bonds. The summed E-state index contributed by atoms with van der Waals surface area (Å²) in [5.41, 5.74) is 7.16. The van der Waals surface area contributed by atoms with Gasteiger partial charge in [0.15, 0.2) is 0 Å². The number of ether oxygens (including phenoxy) is 2. The minimum atomic E-state index is -5.39. The summed E-state index contributed by atoms with van der Waals surface area (Å²) in [6.45, 7) is 1.52. The third kappa shape index (κ3) is 9.79. The van der Waals surface area contributed by atoms with Crippen LogP contribution in [-0.4, -0.2) is 85.2 Å². The average molecular weight is 709 g/mol. The zero-order valence-corrected chi connectivity index (χ0v) is 27.9. The molecule has 2 aromatic carbocycles. The predicted molar refractivity (Wildman–Crippen MR) is 172 cm³/mol. The molecule has 5 atom stereocenters. The molecule has 49 heavy (non-hydrogen) atoms. The number of methoxy groups -OCH3 is 1. The minimum absolute atomic E-state index is 0.0253. The molecule has 1 aliphatic carbocycles. The maximum atomic E-state index is 14.4. The lowest BCUT2D eigenvalue weighted by Crippen LogP contribution is -2.65. The van der Waals surface area contributed by atoms with E-state index in [0.717, 1.165) is 16.7 Å². The molecule has 15 heteroatoms. The summed E-state index contributed by atoms with van der Waals surface area (Å²) < 4.78 is 48.1. The van der Waals surface area contributed by atoms with Crippen molar-refractivity contribution in [3.63, 3.8) is 0 Å². The molecule has 4 rings (SSSR count). The van der Waals surface area contributed by atoms with Gasteiger partial charge in [0.1, 0.15) is 6.04 Å². The van der Waals surface area contributed by atoms with Crippen LogP contribution in [0.15, 0.2) is 48.5 Å². The van der Waals surface area contributed by atoms with E-state index in [-0.39, 0.29) is 26.1 Å². The topological polar surface area (TPSA) is 157 Å². The summed E-state index contributed by atoms with van der Waals surface area (Å²) in [4.78, 5) is 66.3. The monoisotopic (exact) mass is 708 g/mol. The van der Waals surface area contributed by atoms with Crippen LogP contribution < -0.4 is 16.4 Å². The number of fused-ring (bicyclic) bond motifs is 1. The van der Waals surface area contributed by atoms with Crippen LogP contribution in [-0.2, 0) is 46.3 Å². The fraction of sp³-hybridized carbons (Fsp3) is 0.500. The molecule has 0 unspecified atom stereocenters. The van der Waals surface area contributed by atoms with E-state index in [1.54, 1.807) is 30.3 Å². The molecule has 2 aliphatic rings. The second kappa shape index (κ2) is 16.1. The molecule has 266 valence electrons. The van der Waals surface area contributed by atoms with Crippen LogP contribution in [0.4, 0.5) is 13.2 Å². The summed E-state index contributed by atoms with van der Waals surface area (Å²) in [6, 6.07) is 12.3. The smallest absolute Gasteiger partial charge is 0.386 e. The zero-order valence-electron chi connectivity index (χ0n) is 27.2. The van der Waals surface area contributed by atoms with E-state index in [0.29, 0.717) is 30.7 Å². The number of carbonyl (C=O) groups is 5. The van der Waals surface area contributed by atoms with Crippen LogP contribution in [0.1, 0.15) is 55.2 Å². The first-order valence-corrected chi connectivity index (χ1v) is 16.3. The van der Waals surface area contributed by atoms with Gasteiger partial charge in [-0.25, -0.2) is 4.79 Å². The quantitative estimate of drug-likeness (QED) is 0.224. The number of aryl methyl sites for hydroxylation is 1. The van der Waals surface area contributed by atoms with E-state index in [9.17, 15) is 37.1 Å². The fourth-order valence-corrected chi connectivity index (χ4v) is 6.76. The molecule has 2 aromatic rings. The second-order valence-corrected chi connectivity index (χ2v) is 13.1. The molecule has 0 spiro atoms. The third-order valence-electron chi connectivity index (χ3n) is 8.92. The molecule has 0 saturated carbocycles. The van der Waals surface area contributed by atoms with E-state index in [1.165, 1.54) is 18.9 Å². The first-order valence-electron chi connectivity index (χ1n) is 15.9. The number of hydrogen-bond acceptors (Lipinski definition) is 8. The van der Waals surface area contributed by atoms with E-state index in [1.807, 2.05) is 18.2 Å². The Balaban J connectivity index is 1.66. The first kappa shape index (κ1) is 37.8. The number of benzene rings is 2. The van der Waals surface area contributed by atoms with Gasteiger partial charge in [-0.15, -0.1) is 0 Å². The molecule has 1 heterocycles. The van der Waals surface area contributed by atoms with E-state index >= 15 is 0 Å². The summed E-state index contributed by atoms with van der Waals surface area (Å²) in [5.74, 6) is -7.46. The summed E-state index contributed by atoms with van der Waals surface area (Å²) in [6.07, 6.45) is -4.01. The molecule has 1 saturated heterocycles. The number of piperidine rings is 1. The highest BCUT2D eigenvalue weighted by molar-refractivity contribution is 6.30. The highest BCUT2D eigenvalue weighted by Crippen LogP contribution is 2.41. The SMILES string of the molecule is COC[C@H](NC(=O)[C@H](C)N)C(=O)N[C@@]1(Cc2ccc(Cl)cc2)CCCN(C(=O)[C@@H](CC(=O)OC(=O)C(F)(F)F)[C@H]2CCc3ccccc32)C1. The lowest BCUT2D eigenvalue weighted by atomic mass is 9.80. The van der Waals surface area contributed by atoms with Gasteiger partial charge in [0, 0.05) is 25.2 Å². The maximum absolute atomic E-state index is 14.4. The van der Waals surface area contributed by atoms with Gasteiger partial charge < -0.3 is 30.7 Å². The first-order chi connectivity index (χ1) is 23.1. The van der Waals surface area contributed by atoms with Crippen molar-refractivity contribution >= 4 is 41.3 Å². The van der Waals surface area contributed by atoms with Gasteiger partial charge in [0.25, 0.3) is 0 Å². The third-order valence-corrected chi connectivity index (χ3v) is 9.17. The number of esters is 2. The highest BCUT2D eigenvalue weighted by atomic mass is 35.5. The van der Waals surface area contributed by atoms with Crippen LogP contribution in [0.25, 0.3) is 0 Å². The fourth-order valence-electron chi connectivity index (χ4n) is 6.63. The van der Waals surface area contributed by atoms with Gasteiger partial charge >= 0.3 is 18.1 Å². The predicted octanol–water partition coefficient (Wildman–Crippen LogP) is 3.21. The van der Waals surface area contributed by atoms with Crippen LogP contribution in [0.5, 0.6) is 0 Å². The number of hydrogen-bond donors (Lipinski definition) is 3. The molecule has 11 nitrogen and oxygen atoms in total. The molecule has 0 bridgehead atoms. The standard InChI is InChI=1S/C34H40ClF3N4O7/c1-20(39)29(44)40-27(18-48-2)30(45)41-33(17-21-8-11-23(35)12-9-21)14-5-15-42(19-33)31(46)26(16-28(43)49-32(47)34(36,37)38)25-13-10-22-6-3-4-7-24(22)25/h3-4,6-9,11-12,20,25-27H,5,10,13-19,39H2,1-2H3,(H,40,44)(H,41,45)/t20-,25-,26-,27-,33+/m0/s1. The summed E-state index contributed by atoms with van der Waals surface area (Å²) in [5, 5.41) is 6.14. The molecule has 1 aliphatic heterocycles. The van der Waals surface area contributed by atoms with Crippen molar-refractivity contribution < 1.29 is 46.6 Å². The van der Waals surface area contributed by atoms with Gasteiger partial charge in [-0.05, 0) is 73.8 Å². The Hall–Kier alpha value is -4.01.